The normalized spacial score (nSPS) is 12.0. The van der Waals surface area contributed by atoms with Crippen LogP contribution in [0, 0.1) is 5.41 Å². The van der Waals surface area contributed by atoms with Gasteiger partial charge in [0.05, 0.1) is 0 Å². The van der Waals surface area contributed by atoms with Gasteiger partial charge >= 0.3 is 8.80 Å². The fourth-order valence-corrected chi connectivity index (χ4v) is 5.44. The maximum atomic E-state index is 5.78. The van der Waals surface area contributed by atoms with E-state index in [1.165, 1.54) is 32.1 Å². The molecule has 0 aromatic rings. The molecule has 0 spiro atoms. The standard InChI is InChI=1S/C11H26O3Si.C7H16/c1-7-12-15(13-8-2,14-9-3)10-11(4,5)6;1-3-5-7-6-4-2/h7-10H2,1-6H3;3-7H2,1-2H3. The molecule has 0 aromatic heterocycles. The Morgan fingerprint density at radius 2 is 1.00 bits per heavy atom. The van der Waals surface area contributed by atoms with Crippen molar-refractivity contribution in [3.05, 3.63) is 0 Å². The molecule has 0 fully saturated rings. The van der Waals surface area contributed by atoms with E-state index in [0.29, 0.717) is 19.8 Å². The van der Waals surface area contributed by atoms with Gasteiger partial charge in [-0.15, -0.1) is 0 Å². The third kappa shape index (κ3) is 15.0. The summed E-state index contributed by atoms with van der Waals surface area (Å²) in [4.78, 5) is 0. The molecule has 0 amide bonds. The van der Waals surface area contributed by atoms with Crippen molar-refractivity contribution in [3.8, 4) is 0 Å². The quantitative estimate of drug-likeness (QED) is 0.339. The van der Waals surface area contributed by atoms with Crippen LogP contribution >= 0.6 is 0 Å². The molecule has 0 saturated carbocycles. The second kappa shape index (κ2) is 14.7. The zero-order valence-corrected chi connectivity index (χ0v) is 17.6. The van der Waals surface area contributed by atoms with Gasteiger partial charge in [0.15, 0.2) is 0 Å². The minimum atomic E-state index is -2.43. The molecule has 0 bridgehead atoms. The molecule has 136 valence electrons. The molecule has 0 radical (unpaired) electrons. The van der Waals surface area contributed by atoms with E-state index in [2.05, 4.69) is 34.6 Å². The van der Waals surface area contributed by atoms with E-state index in [-0.39, 0.29) is 5.41 Å². The average molecular weight is 335 g/mol. The monoisotopic (exact) mass is 334 g/mol. The van der Waals surface area contributed by atoms with Gasteiger partial charge in [-0.05, 0) is 26.2 Å². The van der Waals surface area contributed by atoms with Crippen molar-refractivity contribution in [2.24, 2.45) is 5.41 Å². The van der Waals surface area contributed by atoms with Crippen molar-refractivity contribution in [2.45, 2.75) is 93.5 Å². The molecule has 0 unspecified atom stereocenters. The van der Waals surface area contributed by atoms with Crippen molar-refractivity contribution in [3.63, 3.8) is 0 Å². The zero-order chi connectivity index (χ0) is 17.5. The number of unbranched alkanes of at least 4 members (excludes halogenated alkanes) is 4. The summed E-state index contributed by atoms with van der Waals surface area (Å²) in [6, 6.07) is 0.871. The lowest BCUT2D eigenvalue weighted by Crippen LogP contribution is -2.48. The summed E-state index contributed by atoms with van der Waals surface area (Å²) in [5.74, 6) is 0. The van der Waals surface area contributed by atoms with Gasteiger partial charge in [0.1, 0.15) is 0 Å². The predicted octanol–water partition coefficient (Wildman–Crippen LogP) is 6.06. The Bertz CT molecular complexity index is 206. The van der Waals surface area contributed by atoms with Crippen molar-refractivity contribution in [2.75, 3.05) is 19.8 Å². The second-order valence-electron chi connectivity index (χ2n) is 6.78. The highest BCUT2D eigenvalue weighted by Gasteiger charge is 2.43. The van der Waals surface area contributed by atoms with Crippen LogP contribution in [0.2, 0.25) is 6.04 Å². The van der Waals surface area contributed by atoms with E-state index < -0.39 is 8.80 Å². The first-order chi connectivity index (χ1) is 10.3. The van der Waals surface area contributed by atoms with E-state index in [1.807, 2.05) is 20.8 Å². The fraction of sp³-hybridized carbons (Fsp3) is 1.00. The Labute approximate surface area is 141 Å². The van der Waals surface area contributed by atoms with Crippen molar-refractivity contribution >= 4 is 8.80 Å². The average Bonchev–Trinajstić information content (AvgIpc) is 2.39. The molecule has 0 aliphatic heterocycles. The van der Waals surface area contributed by atoms with Gasteiger partial charge < -0.3 is 13.3 Å². The molecule has 0 N–H and O–H groups in total. The topological polar surface area (TPSA) is 27.7 Å². The highest BCUT2D eigenvalue weighted by atomic mass is 28.4. The molecule has 0 aromatic carbocycles. The molecular weight excluding hydrogens is 292 g/mol. The highest BCUT2D eigenvalue weighted by molar-refractivity contribution is 6.60. The molecule has 0 heterocycles. The Morgan fingerprint density at radius 1 is 0.636 bits per heavy atom. The van der Waals surface area contributed by atoms with Crippen LogP contribution in [0.5, 0.6) is 0 Å². The van der Waals surface area contributed by atoms with E-state index in [1.54, 1.807) is 0 Å². The van der Waals surface area contributed by atoms with Gasteiger partial charge in [-0.3, -0.25) is 0 Å². The summed E-state index contributed by atoms with van der Waals surface area (Å²) in [7, 11) is -2.43. The minimum absolute atomic E-state index is 0.172. The molecule has 0 atom stereocenters. The van der Waals surface area contributed by atoms with Gasteiger partial charge in [-0.2, -0.15) is 0 Å². The van der Waals surface area contributed by atoms with Crippen LogP contribution in [0.4, 0.5) is 0 Å². The molecule has 4 heteroatoms. The summed E-state index contributed by atoms with van der Waals surface area (Å²) >= 11 is 0. The number of rotatable bonds is 11. The fourth-order valence-electron chi connectivity index (χ4n) is 2.26. The van der Waals surface area contributed by atoms with Crippen molar-refractivity contribution in [1.29, 1.82) is 0 Å². The molecule has 0 aliphatic rings. The molecule has 22 heavy (non-hydrogen) atoms. The first-order valence-corrected chi connectivity index (χ1v) is 11.2. The van der Waals surface area contributed by atoms with Crippen LogP contribution in [-0.4, -0.2) is 28.6 Å². The van der Waals surface area contributed by atoms with E-state index in [0.717, 1.165) is 6.04 Å². The third-order valence-electron chi connectivity index (χ3n) is 3.05. The van der Waals surface area contributed by atoms with Crippen molar-refractivity contribution < 1.29 is 13.3 Å². The summed E-state index contributed by atoms with van der Waals surface area (Å²) in [6.45, 7) is 19.0. The SMILES string of the molecule is CCCCCCC.CCO[Si](CC(C)(C)C)(OCC)OCC. The van der Waals surface area contributed by atoms with Gasteiger partial charge in [0.2, 0.25) is 0 Å². The lowest BCUT2D eigenvalue weighted by Gasteiger charge is -2.33. The summed E-state index contributed by atoms with van der Waals surface area (Å²) in [5, 5.41) is 0. The Morgan fingerprint density at radius 3 is 1.23 bits per heavy atom. The molecule has 0 saturated heterocycles. The summed E-state index contributed by atoms with van der Waals surface area (Å²) in [6.07, 6.45) is 7.01. The van der Waals surface area contributed by atoms with Crippen LogP contribution in [-0.2, 0) is 13.3 Å². The lowest BCUT2D eigenvalue weighted by atomic mass is 10.0. The lowest BCUT2D eigenvalue weighted by molar-refractivity contribution is 0.0630. The van der Waals surface area contributed by atoms with Crippen LogP contribution < -0.4 is 0 Å². The third-order valence-corrected chi connectivity index (χ3v) is 6.73. The highest BCUT2D eigenvalue weighted by Crippen LogP contribution is 2.29. The van der Waals surface area contributed by atoms with Gasteiger partial charge in [-0.25, -0.2) is 0 Å². The van der Waals surface area contributed by atoms with E-state index in [4.69, 9.17) is 13.3 Å². The summed E-state index contributed by atoms with van der Waals surface area (Å²) < 4.78 is 17.3. The number of hydrogen-bond donors (Lipinski definition) is 0. The van der Waals surface area contributed by atoms with Gasteiger partial charge in [-0.1, -0.05) is 66.7 Å². The van der Waals surface area contributed by atoms with Crippen LogP contribution in [0.1, 0.15) is 87.5 Å². The van der Waals surface area contributed by atoms with Crippen molar-refractivity contribution in [1.82, 2.24) is 0 Å². The molecule has 3 nitrogen and oxygen atoms in total. The molecule has 0 aliphatic carbocycles. The molecule has 0 rings (SSSR count). The smallest absolute Gasteiger partial charge is 0.374 e. The largest absolute Gasteiger partial charge is 0.501 e. The Kier molecular flexibility index (Phi) is 16.2. The zero-order valence-electron chi connectivity index (χ0n) is 16.6. The second-order valence-corrected chi connectivity index (χ2v) is 9.37. The number of hydrogen-bond acceptors (Lipinski definition) is 3. The molecular formula is C18H42O3Si. The van der Waals surface area contributed by atoms with Gasteiger partial charge in [0.25, 0.3) is 0 Å². The van der Waals surface area contributed by atoms with Crippen LogP contribution in [0.3, 0.4) is 0 Å². The first kappa shape index (κ1) is 24.4. The Balaban J connectivity index is 0. The Hall–Kier alpha value is 0.0969. The van der Waals surface area contributed by atoms with Crippen LogP contribution in [0.25, 0.3) is 0 Å². The maximum Gasteiger partial charge on any atom is 0.501 e. The predicted molar refractivity (Wildman–Crippen MR) is 99.3 cm³/mol. The van der Waals surface area contributed by atoms with Crippen LogP contribution in [0.15, 0.2) is 0 Å². The van der Waals surface area contributed by atoms with Gasteiger partial charge in [0, 0.05) is 25.9 Å². The van der Waals surface area contributed by atoms with E-state index >= 15 is 0 Å². The summed E-state index contributed by atoms with van der Waals surface area (Å²) in [5.41, 5.74) is 0.172. The minimum Gasteiger partial charge on any atom is -0.374 e. The van der Waals surface area contributed by atoms with E-state index in [9.17, 15) is 0 Å². The maximum absolute atomic E-state index is 5.78. The first-order valence-electron chi connectivity index (χ1n) is 9.22.